The van der Waals surface area contributed by atoms with Gasteiger partial charge in [-0.1, -0.05) is 23.2 Å². The van der Waals surface area contributed by atoms with E-state index in [4.69, 9.17) is 34.8 Å². The minimum atomic E-state index is -0.489. The summed E-state index contributed by atoms with van der Waals surface area (Å²) in [5.74, 6) is 0.330. The number of amidine groups is 1. The lowest BCUT2D eigenvalue weighted by molar-refractivity contribution is 0.802. The lowest BCUT2D eigenvalue weighted by Gasteiger charge is -1.96. The number of fused-ring (bicyclic) bond motifs is 1. The molecule has 0 spiro atoms. The van der Waals surface area contributed by atoms with Gasteiger partial charge in [0.15, 0.2) is 0 Å². The Hall–Kier alpha value is 0.210. The third-order valence-electron chi connectivity index (χ3n) is 1.90. The van der Waals surface area contributed by atoms with Gasteiger partial charge in [0.05, 0.1) is 0 Å². The Balaban J connectivity index is 2.29. The average molecular weight is 211 g/mol. The van der Waals surface area contributed by atoms with Crippen molar-refractivity contribution < 1.29 is 0 Å². The molecule has 0 amide bonds. The number of nitrogens with zero attached hydrogens (tertiary/aromatic N) is 2. The first-order chi connectivity index (χ1) is 5.10. The van der Waals surface area contributed by atoms with Gasteiger partial charge in [0.2, 0.25) is 5.29 Å². The molecule has 60 valence electrons. The van der Waals surface area contributed by atoms with Crippen molar-refractivity contribution in [2.45, 2.75) is 17.8 Å². The number of rotatable bonds is 0. The molecule has 2 atom stereocenters. The second-order valence-electron chi connectivity index (χ2n) is 2.79. The minimum absolute atomic E-state index is 0.171. The van der Waals surface area contributed by atoms with Crippen LogP contribution in [0.1, 0.15) is 12.8 Å². The topological polar surface area (TPSA) is 24.7 Å². The predicted molar refractivity (Wildman–Crippen MR) is 47.9 cm³/mol. The fourth-order valence-electron chi connectivity index (χ4n) is 1.18. The Bertz CT molecular complexity index is 261. The van der Waals surface area contributed by atoms with E-state index in [1.54, 1.807) is 0 Å². The van der Waals surface area contributed by atoms with E-state index in [-0.39, 0.29) is 5.29 Å². The van der Waals surface area contributed by atoms with Crippen molar-refractivity contribution in [3.05, 3.63) is 0 Å². The van der Waals surface area contributed by atoms with Crippen LogP contribution in [-0.2, 0) is 0 Å². The van der Waals surface area contributed by atoms with Crippen LogP contribution in [0, 0.1) is 5.92 Å². The zero-order valence-electron chi connectivity index (χ0n) is 5.52. The van der Waals surface area contributed by atoms with Gasteiger partial charge in [-0.2, -0.15) is 0 Å². The number of halogens is 3. The molecule has 2 aliphatic rings. The molecule has 0 N–H and O–H groups in total. The van der Waals surface area contributed by atoms with Crippen LogP contribution < -0.4 is 0 Å². The molecule has 0 bridgehead atoms. The fourth-order valence-corrected chi connectivity index (χ4v) is 2.13. The average Bonchev–Trinajstić information content (AvgIpc) is 2.38. The standard InChI is InChI=1S/C6H5Cl3N2/c7-4-1-3-2-6(3,9)11-5(8)10-4/h3H,1-2H2. The van der Waals surface area contributed by atoms with E-state index in [0.29, 0.717) is 17.5 Å². The molecule has 1 aliphatic heterocycles. The van der Waals surface area contributed by atoms with Crippen molar-refractivity contribution >= 4 is 45.3 Å². The SMILES string of the molecule is ClC1=NC(Cl)=NC2(Cl)CC2C1. The maximum absolute atomic E-state index is 6.01. The van der Waals surface area contributed by atoms with Gasteiger partial charge in [-0.05, 0) is 18.0 Å². The second-order valence-corrected chi connectivity index (χ2v) is 4.22. The first-order valence-corrected chi connectivity index (χ1v) is 4.41. The minimum Gasteiger partial charge on any atom is -0.233 e. The molecule has 0 radical (unpaired) electrons. The maximum atomic E-state index is 6.01. The summed E-state index contributed by atoms with van der Waals surface area (Å²) in [4.78, 5) is 7.34. The molecule has 1 heterocycles. The Morgan fingerprint density at radius 3 is 2.91 bits per heavy atom. The van der Waals surface area contributed by atoms with E-state index in [2.05, 4.69) is 9.98 Å². The molecule has 1 saturated carbocycles. The molecule has 2 rings (SSSR count). The zero-order chi connectivity index (χ0) is 8.06. The van der Waals surface area contributed by atoms with E-state index >= 15 is 0 Å². The third kappa shape index (κ3) is 1.40. The van der Waals surface area contributed by atoms with Crippen LogP contribution in [0.15, 0.2) is 9.98 Å². The van der Waals surface area contributed by atoms with Gasteiger partial charge in [0.25, 0.3) is 0 Å². The van der Waals surface area contributed by atoms with Gasteiger partial charge in [-0.3, -0.25) is 0 Å². The van der Waals surface area contributed by atoms with Crippen molar-refractivity contribution in [1.82, 2.24) is 0 Å². The van der Waals surface area contributed by atoms with Gasteiger partial charge < -0.3 is 0 Å². The van der Waals surface area contributed by atoms with Crippen LogP contribution in [-0.4, -0.2) is 15.5 Å². The quantitative estimate of drug-likeness (QED) is 0.435. The Morgan fingerprint density at radius 1 is 1.45 bits per heavy atom. The predicted octanol–water partition coefficient (Wildman–Crippen LogP) is 2.58. The first-order valence-electron chi connectivity index (χ1n) is 3.27. The van der Waals surface area contributed by atoms with Crippen LogP contribution in [0.2, 0.25) is 0 Å². The van der Waals surface area contributed by atoms with Gasteiger partial charge in [-0.25, -0.2) is 9.98 Å². The first kappa shape index (κ1) is 7.84. The van der Waals surface area contributed by atoms with Crippen molar-refractivity contribution in [3.8, 4) is 0 Å². The monoisotopic (exact) mass is 210 g/mol. The molecule has 0 saturated heterocycles. The fraction of sp³-hybridized carbons (Fsp3) is 0.667. The number of hydrogen-bond acceptors (Lipinski definition) is 2. The smallest absolute Gasteiger partial charge is 0.220 e. The van der Waals surface area contributed by atoms with Gasteiger partial charge in [0.1, 0.15) is 10.2 Å². The molecule has 0 aromatic rings. The van der Waals surface area contributed by atoms with E-state index in [1.165, 1.54) is 0 Å². The van der Waals surface area contributed by atoms with E-state index in [9.17, 15) is 0 Å². The molecule has 11 heavy (non-hydrogen) atoms. The normalized spacial score (nSPS) is 41.9. The van der Waals surface area contributed by atoms with E-state index in [1.807, 2.05) is 0 Å². The summed E-state index contributed by atoms with van der Waals surface area (Å²) in [6.07, 6.45) is 1.56. The molecule has 0 aromatic carbocycles. The summed E-state index contributed by atoms with van der Waals surface area (Å²) in [7, 11) is 0. The van der Waals surface area contributed by atoms with Crippen molar-refractivity contribution in [2.24, 2.45) is 15.9 Å². The third-order valence-corrected chi connectivity index (χ3v) is 2.86. The van der Waals surface area contributed by atoms with E-state index in [0.717, 1.165) is 6.42 Å². The largest absolute Gasteiger partial charge is 0.233 e. The van der Waals surface area contributed by atoms with Gasteiger partial charge in [0, 0.05) is 12.3 Å². The molecule has 2 nitrogen and oxygen atoms in total. The molecule has 2 unspecified atom stereocenters. The highest BCUT2D eigenvalue weighted by Gasteiger charge is 2.54. The Kier molecular flexibility index (Phi) is 1.67. The number of aliphatic imine (C=N–C) groups is 2. The summed E-state index contributed by atoms with van der Waals surface area (Å²) in [5.41, 5.74) is 0. The highest BCUT2D eigenvalue weighted by Crippen LogP contribution is 2.54. The highest BCUT2D eigenvalue weighted by atomic mass is 35.5. The van der Waals surface area contributed by atoms with E-state index < -0.39 is 5.00 Å². The molecule has 0 aromatic heterocycles. The summed E-state index contributed by atoms with van der Waals surface area (Å²) in [5, 5.41) is 0.675. The van der Waals surface area contributed by atoms with Crippen molar-refractivity contribution in [3.63, 3.8) is 0 Å². The molecule has 5 heteroatoms. The lowest BCUT2D eigenvalue weighted by atomic mass is 10.3. The summed E-state index contributed by atoms with van der Waals surface area (Å²) >= 11 is 17.4. The molecule has 1 aliphatic carbocycles. The zero-order valence-corrected chi connectivity index (χ0v) is 7.79. The van der Waals surface area contributed by atoms with Crippen LogP contribution in [0.25, 0.3) is 0 Å². The Morgan fingerprint density at radius 2 is 2.18 bits per heavy atom. The summed E-state index contributed by atoms with van der Waals surface area (Å²) in [6.45, 7) is 0. The summed E-state index contributed by atoms with van der Waals surface area (Å²) < 4.78 is 0. The summed E-state index contributed by atoms with van der Waals surface area (Å²) in [6, 6.07) is 0. The molecular formula is C6H5Cl3N2. The van der Waals surface area contributed by atoms with Crippen LogP contribution in [0.4, 0.5) is 0 Å². The highest BCUT2D eigenvalue weighted by molar-refractivity contribution is 6.72. The van der Waals surface area contributed by atoms with Crippen LogP contribution in [0.5, 0.6) is 0 Å². The van der Waals surface area contributed by atoms with Crippen LogP contribution in [0.3, 0.4) is 0 Å². The van der Waals surface area contributed by atoms with Gasteiger partial charge in [-0.15, -0.1) is 0 Å². The molecular weight excluding hydrogens is 206 g/mol. The maximum Gasteiger partial charge on any atom is 0.220 e. The number of hydrogen-bond donors (Lipinski definition) is 0. The lowest BCUT2D eigenvalue weighted by Crippen LogP contribution is -1.98. The molecule has 1 fully saturated rings. The second kappa shape index (κ2) is 2.35. The van der Waals surface area contributed by atoms with Gasteiger partial charge >= 0.3 is 0 Å². The Labute approximate surface area is 79.3 Å². The van der Waals surface area contributed by atoms with Crippen LogP contribution >= 0.6 is 34.8 Å². The number of alkyl halides is 1. The van der Waals surface area contributed by atoms with Crippen molar-refractivity contribution in [1.29, 1.82) is 0 Å². The van der Waals surface area contributed by atoms with Crippen molar-refractivity contribution in [2.75, 3.05) is 0 Å².